The fourth-order valence-corrected chi connectivity index (χ4v) is 2.04. The molecule has 4 nitrogen and oxygen atoms in total. The quantitative estimate of drug-likeness (QED) is 0.864. The van der Waals surface area contributed by atoms with Crippen molar-refractivity contribution >= 4 is 11.6 Å². The predicted molar refractivity (Wildman–Crippen MR) is 67.2 cm³/mol. The van der Waals surface area contributed by atoms with Crippen molar-refractivity contribution in [3.05, 3.63) is 24.0 Å². The van der Waals surface area contributed by atoms with Crippen molar-refractivity contribution in [1.29, 1.82) is 0 Å². The van der Waals surface area contributed by atoms with Crippen molar-refractivity contribution in [1.82, 2.24) is 5.32 Å². The number of methoxy groups -OCH3 is 1. The first-order chi connectivity index (χ1) is 8.70. The van der Waals surface area contributed by atoms with Gasteiger partial charge in [0, 0.05) is 11.8 Å². The van der Waals surface area contributed by atoms with Gasteiger partial charge in [0.2, 0.25) is 5.91 Å². The molecule has 1 aromatic rings. The molecule has 1 atom stereocenters. The average molecular weight is 252 g/mol. The second kappa shape index (κ2) is 5.82. The number of hydrogen-bond donors (Lipinski definition) is 2. The number of nitrogens with one attached hydrogen (secondary N) is 2. The first kappa shape index (κ1) is 12.8. The van der Waals surface area contributed by atoms with E-state index >= 15 is 0 Å². The predicted octanol–water partition coefficient (Wildman–Crippen LogP) is 1.91. The van der Waals surface area contributed by atoms with Crippen LogP contribution in [0.2, 0.25) is 0 Å². The maximum Gasteiger partial charge on any atom is 0.241 e. The molecule has 1 heterocycles. The van der Waals surface area contributed by atoms with Crippen LogP contribution in [0, 0.1) is 5.82 Å². The molecule has 1 fully saturated rings. The Kier molecular flexibility index (Phi) is 4.15. The van der Waals surface area contributed by atoms with Gasteiger partial charge in [-0.3, -0.25) is 4.79 Å². The molecular weight excluding hydrogens is 235 g/mol. The molecule has 1 aliphatic rings. The highest BCUT2D eigenvalue weighted by Gasteiger charge is 2.20. The molecule has 0 bridgehead atoms. The standard InChI is InChI=1S/C13H17FN2O2/c1-18-12-8-9(5-6-10(12)14)16-13(17)11-4-2-3-7-15-11/h5-6,8,11,15H,2-4,7H2,1H3,(H,16,17). The molecule has 0 saturated carbocycles. The zero-order chi connectivity index (χ0) is 13.0. The molecule has 1 saturated heterocycles. The molecule has 0 aromatic heterocycles. The Hall–Kier alpha value is -1.62. The summed E-state index contributed by atoms with van der Waals surface area (Å²) in [7, 11) is 1.40. The van der Waals surface area contributed by atoms with Gasteiger partial charge < -0.3 is 15.4 Å². The molecule has 2 N–H and O–H groups in total. The highest BCUT2D eigenvalue weighted by atomic mass is 19.1. The number of rotatable bonds is 3. The van der Waals surface area contributed by atoms with Crippen LogP contribution in [0.15, 0.2) is 18.2 Å². The van der Waals surface area contributed by atoms with E-state index in [1.54, 1.807) is 0 Å². The highest BCUT2D eigenvalue weighted by Crippen LogP contribution is 2.21. The topological polar surface area (TPSA) is 50.4 Å². The van der Waals surface area contributed by atoms with Gasteiger partial charge in [-0.1, -0.05) is 6.42 Å². The summed E-state index contributed by atoms with van der Waals surface area (Å²) >= 11 is 0. The lowest BCUT2D eigenvalue weighted by molar-refractivity contribution is -0.118. The van der Waals surface area contributed by atoms with Crippen LogP contribution in [0.4, 0.5) is 10.1 Å². The van der Waals surface area contributed by atoms with Gasteiger partial charge >= 0.3 is 0 Å². The SMILES string of the molecule is COc1cc(NC(=O)C2CCCCN2)ccc1F. The zero-order valence-electron chi connectivity index (χ0n) is 10.3. The smallest absolute Gasteiger partial charge is 0.241 e. The van der Waals surface area contributed by atoms with Gasteiger partial charge in [0.1, 0.15) is 0 Å². The molecule has 98 valence electrons. The van der Waals surface area contributed by atoms with Crippen LogP contribution in [0.5, 0.6) is 5.75 Å². The number of carbonyl (C=O) groups is 1. The second-order valence-corrected chi connectivity index (χ2v) is 4.34. The van der Waals surface area contributed by atoms with Gasteiger partial charge in [-0.05, 0) is 31.5 Å². The summed E-state index contributed by atoms with van der Waals surface area (Å²) in [4.78, 5) is 11.9. The summed E-state index contributed by atoms with van der Waals surface area (Å²) in [5.41, 5.74) is 0.547. The lowest BCUT2D eigenvalue weighted by Crippen LogP contribution is -2.43. The van der Waals surface area contributed by atoms with Crippen LogP contribution in [0.25, 0.3) is 0 Å². The van der Waals surface area contributed by atoms with Gasteiger partial charge in [0.25, 0.3) is 0 Å². The molecule has 1 aromatic carbocycles. The van der Waals surface area contributed by atoms with E-state index in [1.807, 2.05) is 0 Å². The minimum absolute atomic E-state index is 0.0802. The molecular formula is C13H17FN2O2. The van der Waals surface area contributed by atoms with Gasteiger partial charge in [-0.2, -0.15) is 0 Å². The Morgan fingerprint density at radius 3 is 3.00 bits per heavy atom. The fraction of sp³-hybridized carbons (Fsp3) is 0.462. The van der Waals surface area contributed by atoms with Crippen LogP contribution in [0.3, 0.4) is 0 Å². The molecule has 1 unspecified atom stereocenters. The number of amides is 1. The van der Waals surface area contributed by atoms with E-state index in [0.717, 1.165) is 25.8 Å². The summed E-state index contributed by atoms with van der Waals surface area (Å²) < 4.78 is 18.1. The third-order valence-corrected chi connectivity index (χ3v) is 3.05. The highest BCUT2D eigenvalue weighted by molar-refractivity contribution is 5.95. The minimum Gasteiger partial charge on any atom is -0.494 e. The van der Waals surface area contributed by atoms with Crippen LogP contribution in [-0.2, 0) is 4.79 Å². The number of ether oxygens (including phenoxy) is 1. The summed E-state index contributed by atoms with van der Waals surface area (Å²) in [6.45, 7) is 0.866. The van der Waals surface area contributed by atoms with Crippen molar-refractivity contribution in [2.45, 2.75) is 25.3 Å². The average Bonchev–Trinajstić information content (AvgIpc) is 2.42. The lowest BCUT2D eigenvalue weighted by atomic mass is 10.0. The van der Waals surface area contributed by atoms with E-state index < -0.39 is 5.82 Å². The summed E-state index contributed by atoms with van der Waals surface area (Å²) in [5.74, 6) is -0.390. The van der Waals surface area contributed by atoms with Crippen LogP contribution in [-0.4, -0.2) is 25.6 Å². The van der Waals surface area contributed by atoms with Crippen molar-refractivity contribution in [2.75, 3.05) is 19.0 Å². The molecule has 0 radical (unpaired) electrons. The van der Waals surface area contributed by atoms with E-state index in [9.17, 15) is 9.18 Å². The molecule has 1 amide bonds. The largest absolute Gasteiger partial charge is 0.494 e. The van der Waals surface area contributed by atoms with Crippen LogP contribution in [0.1, 0.15) is 19.3 Å². The van der Waals surface area contributed by atoms with E-state index in [0.29, 0.717) is 5.69 Å². The molecule has 18 heavy (non-hydrogen) atoms. The number of anilines is 1. The van der Waals surface area contributed by atoms with E-state index in [4.69, 9.17) is 4.74 Å². The Bertz CT molecular complexity index is 431. The summed E-state index contributed by atoms with van der Waals surface area (Å²) in [6.07, 6.45) is 3.00. The van der Waals surface area contributed by atoms with Crippen LogP contribution < -0.4 is 15.4 Å². The Morgan fingerprint density at radius 2 is 2.33 bits per heavy atom. The number of hydrogen-bond acceptors (Lipinski definition) is 3. The normalized spacial score (nSPS) is 19.3. The van der Waals surface area contributed by atoms with Crippen molar-refractivity contribution < 1.29 is 13.9 Å². The molecule has 0 aliphatic carbocycles. The molecule has 0 spiro atoms. The molecule has 1 aliphatic heterocycles. The van der Waals surface area contributed by atoms with E-state index in [-0.39, 0.29) is 17.7 Å². The first-order valence-corrected chi connectivity index (χ1v) is 6.08. The third kappa shape index (κ3) is 2.98. The fourth-order valence-electron chi connectivity index (χ4n) is 2.04. The maximum absolute atomic E-state index is 13.2. The van der Waals surface area contributed by atoms with Crippen molar-refractivity contribution in [3.63, 3.8) is 0 Å². The Morgan fingerprint density at radius 1 is 1.50 bits per heavy atom. The van der Waals surface area contributed by atoms with Gasteiger partial charge in [-0.15, -0.1) is 0 Å². The van der Waals surface area contributed by atoms with Crippen molar-refractivity contribution in [2.24, 2.45) is 0 Å². The van der Waals surface area contributed by atoms with Gasteiger partial charge in [0.05, 0.1) is 13.2 Å². The number of carbonyl (C=O) groups excluding carboxylic acids is 1. The summed E-state index contributed by atoms with van der Waals surface area (Å²) in [6, 6.07) is 4.13. The molecule has 5 heteroatoms. The van der Waals surface area contributed by atoms with Crippen LogP contribution >= 0.6 is 0 Å². The number of benzene rings is 1. The monoisotopic (exact) mass is 252 g/mol. The second-order valence-electron chi connectivity index (χ2n) is 4.34. The van der Waals surface area contributed by atoms with E-state index in [2.05, 4.69) is 10.6 Å². The van der Waals surface area contributed by atoms with Gasteiger partial charge in [0.15, 0.2) is 11.6 Å². The van der Waals surface area contributed by atoms with Crippen molar-refractivity contribution in [3.8, 4) is 5.75 Å². The number of halogens is 1. The third-order valence-electron chi connectivity index (χ3n) is 3.05. The van der Waals surface area contributed by atoms with Gasteiger partial charge in [-0.25, -0.2) is 4.39 Å². The number of piperidine rings is 1. The Balaban J connectivity index is 2.02. The molecule has 2 rings (SSSR count). The summed E-state index contributed by atoms with van der Waals surface area (Å²) in [5, 5.41) is 5.93. The lowest BCUT2D eigenvalue weighted by Gasteiger charge is -2.22. The minimum atomic E-state index is -0.439. The Labute approximate surface area is 106 Å². The maximum atomic E-state index is 13.2. The first-order valence-electron chi connectivity index (χ1n) is 6.08. The zero-order valence-corrected chi connectivity index (χ0v) is 10.3. The van der Waals surface area contributed by atoms with E-state index in [1.165, 1.54) is 25.3 Å².